The zero-order valence-corrected chi connectivity index (χ0v) is 17.3. The number of imidazole rings is 1. The molecule has 1 N–H and O–H groups in total. The van der Waals surface area contributed by atoms with Crippen molar-refractivity contribution in [2.45, 2.75) is 33.7 Å². The highest BCUT2D eigenvalue weighted by Crippen LogP contribution is 2.21. The van der Waals surface area contributed by atoms with Gasteiger partial charge >= 0.3 is 0 Å². The molecule has 0 bridgehead atoms. The van der Waals surface area contributed by atoms with Gasteiger partial charge in [-0.15, -0.1) is 0 Å². The molecule has 4 rings (SSSR count). The average molecular weight is 386 g/mol. The van der Waals surface area contributed by atoms with E-state index in [1.807, 2.05) is 39.0 Å². The fourth-order valence-electron chi connectivity index (χ4n) is 3.57. The summed E-state index contributed by atoms with van der Waals surface area (Å²) in [5.74, 6) is 1.06. The minimum atomic E-state index is -0.384. The van der Waals surface area contributed by atoms with E-state index in [0.29, 0.717) is 13.0 Å². The Hall–Kier alpha value is -3.14. The molecule has 1 heterocycles. The molecule has 0 saturated carbocycles. The zero-order valence-electron chi connectivity index (χ0n) is 17.3. The monoisotopic (exact) mass is 385 g/mol. The maximum Gasteiger partial charge on any atom is 0.225 e. The molecule has 0 aliphatic rings. The highest BCUT2D eigenvalue weighted by atomic mass is 16.2. The van der Waals surface area contributed by atoms with Gasteiger partial charge in [0.1, 0.15) is 5.82 Å². The Morgan fingerprint density at radius 3 is 2.48 bits per heavy atom. The Bertz CT molecular complexity index is 1170. The lowest BCUT2D eigenvalue weighted by Gasteiger charge is -2.17. The van der Waals surface area contributed by atoms with E-state index < -0.39 is 0 Å². The second kappa shape index (κ2) is 7.70. The molecule has 0 spiro atoms. The van der Waals surface area contributed by atoms with E-state index in [2.05, 4.69) is 58.4 Å². The predicted molar refractivity (Wildman–Crippen MR) is 119 cm³/mol. The fraction of sp³-hybridized carbons (Fsp3) is 0.280. The summed E-state index contributed by atoms with van der Waals surface area (Å²) in [6.07, 6.45) is 0.698. The van der Waals surface area contributed by atoms with E-state index in [4.69, 9.17) is 4.98 Å². The number of hydrogen-bond donors (Lipinski definition) is 1. The quantitative estimate of drug-likeness (QED) is 0.529. The van der Waals surface area contributed by atoms with Gasteiger partial charge in [0.25, 0.3) is 0 Å². The van der Waals surface area contributed by atoms with Crippen LogP contribution in [0.1, 0.15) is 32.2 Å². The number of nitrogens with one attached hydrogen (secondary N) is 1. The molecule has 3 aromatic carbocycles. The third kappa shape index (κ3) is 4.16. The number of hydrogen-bond acceptors (Lipinski definition) is 2. The lowest BCUT2D eigenvalue weighted by Crippen LogP contribution is -2.36. The number of benzene rings is 3. The molecule has 148 valence electrons. The normalized spacial score (nSPS) is 11.8. The molecule has 0 aliphatic carbocycles. The summed E-state index contributed by atoms with van der Waals surface area (Å²) >= 11 is 0. The minimum Gasteiger partial charge on any atom is -0.355 e. The van der Waals surface area contributed by atoms with Crippen molar-refractivity contribution in [2.24, 2.45) is 5.41 Å². The third-order valence-corrected chi connectivity index (χ3v) is 5.20. The first kappa shape index (κ1) is 19.2. The van der Waals surface area contributed by atoms with Crippen LogP contribution in [0, 0.1) is 5.41 Å². The maximum absolute atomic E-state index is 12.2. The molecule has 0 aliphatic heterocycles. The molecule has 0 radical (unpaired) electrons. The Morgan fingerprint density at radius 1 is 0.966 bits per heavy atom. The zero-order chi connectivity index (χ0) is 20.4. The van der Waals surface area contributed by atoms with E-state index >= 15 is 0 Å². The molecular weight excluding hydrogens is 358 g/mol. The van der Waals surface area contributed by atoms with Crippen LogP contribution < -0.4 is 5.32 Å². The number of carbonyl (C=O) groups excluding carboxylic acids is 1. The van der Waals surface area contributed by atoms with Crippen molar-refractivity contribution in [1.82, 2.24) is 14.9 Å². The van der Waals surface area contributed by atoms with E-state index in [1.165, 1.54) is 16.3 Å². The van der Waals surface area contributed by atoms with Gasteiger partial charge in [-0.1, -0.05) is 69.3 Å². The van der Waals surface area contributed by atoms with E-state index in [1.54, 1.807) is 0 Å². The highest BCUT2D eigenvalue weighted by molar-refractivity contribution is 5.83. The summed E-state index contributed by atoms with van der Waals surface area (Å²) in [6, 6.07) is 23.2. The Kier molecular flexibility index (Phi) is 5.10. The van der Waals surface area contributed by atoms with Crippen molar-refractivity contribution in [3.63, 3.8) is 0 Å². The topological polar surface area (TPSA) is 46.9 Å². The third-order valence-electron chi connectivity index (χ3n) is 5.20. The smallest absolute Gasteiger partial charge is 0.225 e. The minimum absolute atomic E-state index is 0.0645. The molecule has 0 fully saturated rings. The molecule has 0 atom stereocenters. The second-order valence-corrected chi connectivity index (χ2v) is 8.54. The standard InChI is InChI=1S/C25H27N3O/c1-25(2,3)24(29)26-15-14-23-27-21-10-6-7-11-22(21)28(23)17-18-12-13-19-8-4-5-9-20(19)16-18/h4-13,16H,14-15,17H2,1-3H3,(H,26,29). The lowest BCUT2D eigenvalue weighted by molar-refractivity contribution is -0.128. The SMILES string of the molecule is CC(C)(C)C(=O)NCCc1nc2ccccc2n1Cc1ccc2ccccc2c1. The van der Waals surface area contributed by atoms with Crippen LogP contribution in [0.15, 0.2) is 66.7 Å². The molecule has 0 unspecified atom stereocenters. The molecular formula is C25H27N3O. The lowest BCUT2D eigenvalue weighted by atomic mass is 9.96. The van der Waals surface area contributed by atoms with Crippen LogP contribution in [0.4, 0.5) is 0 Å². The van der Waals surface area contributed by atoms with Crippen LogP contribution in [-0.2, 0) is 17.8 Å². The first-order valence-electron chi connectivity index (χ1n) is 10.1. The van der Waals surface area contributed by atoms with E-state index in [0.717, 1.165) is 23.4 Å². The number of carbonyl (C=O) groups is 1. The van der Waals surface area contributed by atoms with Gasteiger partial charge in [0.15, 0.2) is 0 Å². The summed E-state index contributed by atoms with van der Waals surface area (Å²) in [5, 5.41) is 5.53. The predicted octanol–water partition coefficient (Wildman–Crippen LogP) is 4.94. The number of rotatable bonds is 5. The molecule has 4 aromatic rings. The van der Waals surface area contributed by atoms with Crippen LogP contribution in [0.2, 0.25) is 0 Å². The first-order chi connectivity index (χ1) is 13.9. The van der Waals surface area contributed by atoms with Crippen LogP contribution in [-0.4, -0.2) is 22.0 Å². The Morgan fingerprint density at radius 2 is 1.69 bits per heavy atom. The summed E-state index contributed by atoms with van der Waals surface area (Å²) in [6.45, 7) is 7.12. The number of amides is 1. The molecule has 1 amide bonds. The van der Waals surface area contributed by atoms with Crippen LogP contribution in [0.5, 0.6) is 0 Å². The van der Waals surface area contributed by atoms with Gasteiger partial charge < -0.3 is 9.88 Å². The van der Waals surface area contributed by atoms with Crippen molar-refractivity contribution in [3.05, 3.63) is 78.1 Å². The molecule has 0 saturated heterocycles. The van der Waals surface area contributed by atoms with Gasteiger partial charge in [-0.05, 0) is 34.5 Å². The van der Waals surface area contributed by atoms with Crippen molar-refractivity contribution in [3.8, 4) is 0 Å². The molecule has 4 nitrogen and oxygen atoms in total. The van der Waals surface area contributed by atoms with Crippen molar-refractivity contribution in [1.29, 1.82) is 0 Å². The molecule has 1 aromatic heterocycles. The van der Waals surface area contributed by atoms with Crippen LogP contribution in [0.3, 0.4) is 0 Å². The van der Waals surface area contributed by atoms with Crippen molar-refractivity contribution in [2.75, 3.05) is 6.54 Å². The van der Waals surface area contributed by atoms with E-state index in [9.17, 15) is 4.79 Å². The summed E-state index contributed by atoms with van der Waals surface area (Å²) < 4.78 is 2.27. The molecule has 4 heteroatoms. The van der Waals surface area contributed by atoms with Gasteiger partial charge in [0, 0.05) is 24.9 Å². The number of fused-ring (bicyclic) bond motifs is 2. The van der Waals surface area contributed by atoms with Crippen molar-refractivity contribution < 1.29 is 4.79 Å². The Labute approximate surface area is 171 Å². The fourth-order valence-corrected chi connectivity index (χ4v) is 3.57. The number of para-hydroxylation sites is 2. The van der Waals surface area contributed by atoms with Gasteiger partial charge in [-0.3, -0.25) is 4.79 Å². The van der Waals surface area contributed by atoms with E-state index in [-0.39, 0.29) is 11.3 Å². The van der Waals surface area contributed by atoms with Crippen molar-refractivity contribution >= 4 is 27.7 Å². The van der Waals surface area contributed by atoms with Gasteiger partial charge in [0.05, 0.1) is 11.0 Å². The first-order valence-corrected chi connectivity index (χ1v) is 10.1. The number of nitrogens with zero attached hydrogens (tertiary/aromatic N) is 2. The maximum atomic E-state index is 12.2. The van der Waals surface area contributed by atoms with Gasteiger partial charge in [-0.2, -0.15) is 0 Å². The summed E-state index contributed by atoms with van der Waals surface area (Å²) in [5.41, 5.74) is 2.97. The second-order valence-electron chi connectivity index (χ2n) is 8.54. The Balaban J connectivity index is 1.61. The highest BCUT2D eigenvalue weighted by Gasteiger charge is 2.20. The number of aromatic nitrogens is 2. The summed E-state index contributed by atoms with van der Waals surface area (Å²) in [4.78, 5) is 17.0. The van der Waals surface area contributed by atoms with Gasteiger partial charge in [0.2, 0.25) is 5.91 Å². The average Bonchev–Trinajstić information content (AvgIpc) is 3.04. The summed E-state index contributed by atoms with van der Waals surface area (Å²) in [7, 11) is 0. The van der Waals surface area contributed by atoms with Crippen LogP contribution in [0.25, 0.3) is 21.8 Å². The van der Waals surface area contributed by atoms with Gasteiger partial charge in [-0.25, -0.2) is 4.98 Å². The molecule has 29 heavy (non-hydrogen) atoms. The largest absolute Gasteiger partial charge is 0.355 e. The van der Waals surface area contributed by atoms with Crippen LogP contribution >= 0.6 is 0 Å².